The van der Waals surface area contributed by atoms with Gasteiger partial charge in [-0.25, -0.2) is 8.78 Å². The third-order valence-electron chi connectivity index (χ3n) is 2.34. The molecule has 0 saturated heterocycles. The van der Waals surface area contributed by atoms with Crippen molar-refractivity contribution < 1.29 is 13.6 Å². The lowest BCUT2D eigenvalue weighted by Gasteiger charge is -2.11. The third-order valence-corrected chi connectivity index (χ3v) is 2.34. The van der Waals surface area contributed by atoms with Crippen molar-refractivity contribution in [1.29, 1.82) is 0 Å². The van der Waals surface area contributed by atoms with Gasteiger partial charge in [0.05, 0.1) is 6.04 Å². The number of nitrogens with one attached hydrogen (secondary N) is 1. The Morgan fingerprint density at radius 3 is 2.67 bits per heavy atom. The Morgan fingerprint density at radius 2 is 2.11 bits per heavy atom. The molecule has 0 aliphatic carbocycles. The zero-order valence-electron chi connectivity index (χ0n) is 10.0. The first-order chi connectivity index (χ1) is 8.04. The molecule has 1 aromatic carbocycles. The molecule has 3 nitrogen and oxygen atoms in total. The van der Waals surface area contributed by atoms with Crippen molar-refractivity contribution in [3.8, 4) is 0 Å². The molecule has 0 heterocycles. The van der Waals surface area contributed by atoms with Gasteiger partial charge in [-0.1, -0.05) is 25.5 Å². The number of hydrogen-bond acceptors (Lipinski definition) is 2. The molecule has 0 fully saturated rings. The lowest BCUT2D eigenvalue weighted by molar-refractivity contribution is -0.117. The topological polar surface area (TPSA) is 55.1 Å². The van der Waals surface area contributed by atoms with Gasteiger partial charge >= 0.3 is 0 Å². The summed E-state index contributed by atoms with van der Waals surface area (Å²) in [5, 5.41) is 2.52. The molecule has 3 N–H and O–H groups in total. The monoisotopic (exact) mass is 278 g/mol. The van der Waals surface area contributed by atoms with Gasteiger partial charge in [0.2, 0.25) is 5.91 Å². The molecule has 0 aliphatic heterocycles. The predicted octanol–water partition coefficient (Wildman–Crippen LogP) is 3.11. The molecular formula is C12H17ClF2N2O. The summed E-state index contributed by atoms with van der Waals surface area (Å²) in [6.45, 7) is 1.92. The van der Waals surface area contributed by atoms with Crippen LogP contribution in [0, 0.1) is 0 Å². The van der Waals surface area contributed by atoms with Crippen LogP contribution in [0.5, 0.6) is 0 Å². The van der Waals surface area contributed by atoms with Crippen LogP contribution in [-0.2, 0) is 4.79 Å². The summed E-state index contributed by atoms with van der Waals surface area (Å²) in [7, 11) is 0. The predicted molar refractivity (Wildman–Crippen MR) is 70.2 cm³/mol. The summed E-state index contributed by atoms with van der Waals surface area (Å²) in [6.07, 6.45) is -1.18. The summed E-state index contributed by atoms with van der Waals surface area (Å²) in [5.41, 5.74) is 5.84. The van der Waals surface area contributed by atoms with Crippen LogP contribution in [0.25, 0.3) is 0 Å². The van der Waals surface area contributed by atoms with Crippen LogP contribution in [0.2, 0.25) is 0 Å². The molecular weight excluding hydrogens is 262 g/mol. The van der Waals surface area contributed by atoms with E-state index in [4.69, 9.17) is 5.73 Å². The second kappa shape index (κ2) is 8.00. The zero-order valence-corrected chi connectivity index (χ0v) is 10.8. The third kappa shape index (κ3) is 4.98. The number of anilines is 1. The van der Waals surface area contributed by atoms with Gasteiger partial charge in [0.15, 0.2) is 0 Å². The second-order valence-corrected chi connectivity index (χ2v) is 3.81. The molecule has 0 aromatic heterocycles. The Morgan fingerprint density at radius 1 is 1.44 bits per heavy atom. The first-order valence-corrected chi connectivity index (χ1v) is 5.49. The fourth-order valence-corrected chi connectivity index (χ4v) is 1.43. The standard InChI is InChI=1S/C12H16F2N2O.ClH/c1-2-4-10(15)12(17)16-9-6-3-5-8(7-9)11(13)14;/h3,5-7,10-11H,2,4,15H2,1H3,(H,16,17);1H. The Balaban J connectivity index is 0.00000289. The van der Waals surface area contributed by atoms with E-state index in [0.717, 1.165) is 6.42 Å². The van der Waals surface area contributed by atoms with Crippen LogP contribution in [-0.4, -0.2) is 11.9 Å². The number of amides is 1. The minimum absolute atomic E-state index is 0. The first kappa shape index (κ1) is 16.8. The highest BCUT2D eigenvalue weighted by atomic mass is 35.5. The molecule has 18 heavy (non-hydrogen) atoms. The minimum atomic E-state index is -2.55. The van der Waals surface area contributed by atoms with Gasteiger partial charge in [-0.05, 0) is 18.6 Å². The van der Waals surface area contributed by atoms with Crippen LogP contribution in [0.15, 0.2) is 24.3 Å². The lowest BCUT2D eigenvalue weighted by Crippen LogP contribution is -2.35. The molecule has 0 radical (unpaired) electrons. The molecule has 6 heteroatoms. The van der Waals surface area contributed by atoms with E-state index in [1.165, 1.54) is 18.2 Å². The van der Waals surface area contributed by atoms with Gasteiger partial charge in [0.1, 0.15) is 0 Å². The van der Waals surface area contributed by atoms with E-state index in [2.05, 4.69) is 5.32 Å². The van der Waals surface area contributed by atoms with Crippen molar-refractivity contribution in [2.24, 2.45) is 5.73 Å². The number of benzene rings is 1. The second-order valence-electron chi connectivity index (χ2n) is 3.81. The van der Waals surface area contributed by atoms with Crippen LogP contribution in [0.3, 0.4) is 0 Å². The number of alkyl halides is 2. The highest BCUT2D eigenvalue weighted by Crippen LogP contribution is 2.21. The summed E-state index contributed by atoms with van der Waals surface area (Å²) < 4.78 is 24.9. The normalized spacial score (nSPS) is 11.8. The average Bonchev–Trinajstić information content (AvgIpc) is 2.29. The van der Waals surface area contributed by atoms with Crippen LogP contribution < -0.4 is 11.1 Å². The van der Waals surface area contributed by atoms with Gasteiger partial charge in [-0.3, -0.25) is 4.79 Å². The van der Waals surface area contributed by atoms with E-state index in [1.807, 2.05) is 6.92 Å². The number of carbonyl (C=O) groups excluding carboxylic acids is 1. The Bertz CT molecular complexity index is 388. The molecule has 1 rings (SSSR count). The van der Waals surface area contributed by atoms with Gasteiger partial charge in [0.25, 0.3) is 6.43 Å². The maximum Gasteiger partial charge on any atom is 0.263 e. The van der Waals surface area contributed by atoms with Gasteiger partial charge < -0.3 is 11.1 Å². The number of halogens is 3. The minimum Gasteiger partial charge on any atom is -0.325 e. The molecule has 0 aliphatic rings. The fraction of sp³-hybridized carbons (Fsp3) is 0.417. The Hall–Kier alpha value is -1.20. The van der Waals surface area contributed by atoms with E-state index in [9.17, 15) is 13.6 Å². The van der Waals surface area contributed by atoms with E-state index in [1.54, 1.807) is 6.07 Å². The fourth-order valence-electron chi connectivity index (χ4n) is 1.43. The molecule has 0 bridgehead atoms. The molecule has 1 atom stereocenters. The molecule has 1 unspecified atom stereocenters. The maximum atomic E-state index is 12.4. The number of nitrogens with two attached hydrogens (primary N) is 1. The largest absolute Gasteiger partial charge is 0.325 e. The summed E-state index contributed by atoms with van der Waals surface area (Å²) in [6, 6.07) is 4.99. The molecule has 1 aromatic rings. The molecule has 1 amide bonds. The Labute approximate surface area is 111 Å². The van der Waals surface area contributed by atoms with Gasteiger partial charge in [-0.15, -0.1) is 12.4 Å². The van der Waals surface area contributed by atoms with Crippen molar-refractivity contribution in [1.82, 2.24) is 0 Å². The first-order valence-electron chi connectivity index (χ1n) is 5.49. The van der Waals surface area contributed by atoms with Gasteiger partial charge in [-0.2, -0.15) is 0 Å². The van der Waals surface area contributed by atoms with Crippen molar-refractivity contribution >= 4 is 24.0 Å². The summed E-state index contributed by atoms with van der Waals surface area (Å²) in [4.78, 5) is 11.6. The average molecular weight is 279 g/mol. The maximum absolute atomic E-state index is 12.4. The van der Waals surface area contributed by atoms with Crippen LogP contribution >= 0.6 is 12.4 Å². The van der Waals surface area contributed by atoms with E-state index in [-0.39, 0.29) is 23.9 Å². The highest BCUT2D eigenvalue weighted by molar-refractivity contribution is 5.94. The van der Waals surface area contributed by atoms with Crippen LogP contribution in [0.1, 0.15) is 31.8 Å². The van der Waals surface area contributed by atoms with Gasteiger partial charge in [0, 0.05) is 11.3 Å². The number of carbonyl (C=O) groups is 1. The quantitative estimate of drug-likeness (QED) is 0.869. The van der Waals surface area contributed by atoms with Crippen molar-refractivity contribution in [2.75, 3.05) is 5.32 Å². The lowest BCUT2D eigenvalue weighted by atomic mass is 10.1. The van der Waals surface area contributed by atoms with E-state index in [0.29, 0.717) is 12.1 Å². The molecule has 102 valence electrons. The summed E-state index contributed by atoms with van der Waals surface area (Å²) >= 11 is 0. The zero-order chi connectivity index (χ0) is 12.8. The van der Waals surface area contributed by atoms with E-state index < -0.39 is 12.5 Å². The SMILES string of the molecule is CCCC(N)C(=O)Nc1cccc(C(F)F)c1.Cl. The molecule has 0 saturated carbocycles. The van der Waals surface area contributed by atoms with E-state index >= 15 is 0 Å². The summed E-state index contributed by atoms with van der Waals surface area (Å²) in [5.74, 6) is -0.349. The smallest absolute Gasteiger partial charge is 0.263 e. The van der Waals surface area contributed by atoms with Crippen LogP contribution in [0.4, 0.5) is 14.5 Å². The molecule has 0 spiro atoms. The Kier molecular flexibility index (Phi) is 7.47. The number of rotatable bonds is 5. The van der Waals surface area contributed by atoms with Crippen molar-refractivity contribution in [3.05, 3.63) is 29.8 Å². The number of hydrogen-bond donors (Lipinski definition) is 2. The van der Waals surface area contributed by atoms with Crippen molar-refractivity contribution in [2.45, 2.75) is 32.2 Å². The van der Waals surface area contributed by atoms with Crippen molar-refractivity contribution in [3.63, 3.8) is 0 Å². The highest BCUT2D eigenvalue weighted by Gasteiger charge is 2.13.